The van der Waals surface area contributed by atoms with E-state index in [-0.39, 0.29) is 21.8 Å². The minimum absolute atomic E-state index is 0.0478. The quantitative estimate of drug-likeness (QED) is 0.200. The first-order valence-corrected chi connectivity index (χ1v) is 21.5. The van der Waals surface area contributed by atoms with Gasteiger partial charge in [-0.05, 0) is 132 Å². The molecule has 0 bridgehead atoms. The Morgan fingerprint density at radius 3 is 2.06 bits per heavy atom. The van der Waals surface area contributed by atoms with Crippen molar-refractivity contribution in [3.8, 4) is 0 Å². The van der Waals surface area contributed by atoms with Crippen LogP contribution < -0.4 is 10.4 Å². The minimum atomic E-state index is -2.59. The second-order valence-electron chi connectivity index (χ2n) is 17.6. The van der Waals surface area contributed by atoms with E-state index in [9.17, 15) is 9.59 Å². The van der Waals surface area contributed by atoms with Crippen molar-refractivity contribution in [2.45, 2.75) is 117 Å². The van der Waals surface area contributed by atoms with Gasteiger partial charge in [-0.25, -0.2) is 0 Å². The monoisotopic (exact) mass is 686 g/mol. The number of aryl methyl sites for hydroxylation is 1. The van der Waals surface area contributed by atoms with Crippen LogP contribution in [0.4, 0.5) is 0 Å². The Balaban J connectivity index is 1.05. The van der Waals surface area contributed by atoms with Crippen LogP contribution in [-0.4, -0.2) is 19.9 Å². The topological polar surface area (TPSA) is 43.4 Å². The van der Waals surface area contributed by atoms with Gasteiger partial charge in [-0.15, -0.1) is 0 Å². The number of hydrogen-bond donors (Lipinski definition) is 0. The zero-order valence-corrected chi connectivity index (χ0v) is 32.2. The molecule has 264 valence electrons. The first-order chi connectivity index (χ1) is 24.0. The van der Waals surface area contributed by atoms with Crippen LogP contribution in [0.25, 0.3) is 0 Å². The number of carbonyl (C=O) groups is 2. The Kier molecular flexibility index (Phi) is 9.75. The first kappa shape index (κ1) is 35.3. The molecule has 3 saturated carbocycles. The SMILES string of the molecule is CC(=O)[C@H]1CC[C@H]2[C@@H]3CCC4=CC(=O)CC[C@@]4(C)[C@@H]3CC[C@]12CCCc1ccc(CO[Si](c2ccccc2)(c2ccccc2)C(C)(C)C)cc1. The highest BCUT2D eigenvalue weighted by Gasteiger charge is 2.61. The van der Waals surface area contributed by atoms with Gasteiger partial charge in [0.05, 0.1) is 6.61 Å². The summed E-state index contributed by atoms with van der Waals surface area (Å²) in [5.41, 5.74) is 4.36. The van der Waals surface area contributed by atoms with Crippen LogP contribution >= 0.6 is 0 Å². The maximum Gasteiger partial charge on any atom is 0.261 e. The van der Waals surface area contributed by atoms with E-state index in [0.717, 1.165) is 38.5 Å². The lowest BCUT2D eigenvalue weighted by molar-refractivity contribution is -0.130. The zero-order valence-electron chi connectivity index (χ0n) is 31.2. The normalized spacial score (nSPS) is 29.5. The lowest BCUT2D eigenvalue weighted by atomic mass is 9.45. The molecular formula is C46H58O3Si. The molecule has 0 unspecified atom stereocenters. The third-order valence-corrected chi connectivity index (χ3v) is 19.2. The van der Waals surface area contributed by atoms with Crippen molar-refractivity contribution in [2.75, 3.05) is 0 Å². The van der Waals surface area contributed by atoms with Gasteiger partial charge in [0, 0.05) is 12.3 Å². The Morgan fingerprint density at radius 1 is 0.800 bits per heavy atom. The first-order valence-electron chi connectivity index (χ1n) is 19.6. The van der Waals surface area contributed by atoms with E-state index in [1.165, 1.54) is 52.8 Å². The number of ketones is 2. The van der Waals surface area contributed by atoms with Gasteiger partial charge >= 0.3 is 0 Å². The number of hydrogen-bond acceptors (Lipinski definition) is 3. The van der Waals surface area contributed by atoms with E-state index in [2.05, 4.69) is 113 Å². The van der Waals surface area contributed by atoms with E-state index in [0.29, 0.717) is 42.3 Å². The molecule has 0 saturated heterocycles. The minimum Gasteiger partial charge on any atom is -0.403 e. The van der Waals surface area contributed by atoms with Crippen LogP contribution in [0.2, 0.25) is 5.04 Å². The van der Waals surface area contributed by atoms with Crippen molar-refractivity contribution in [2.24, 2.45) is 34.5 Å². The van der Waals surface area contributed by atoms with Crippen molar-refractivity contribution in [1.29, 1.82) is 0 Å². The summed E-state index contributed by atoms with van der Waals surface area (Å²) in [5, 5.41) is 2.57. The average Bonchev–Trinajstić information content (AvgIpc) is 3.50. The van der Waals surface area contributed by atoms with E-state index >= 15 is 0 Å². The third kappa shape index (κ3) is 6.13. The molecule has 4 heteroatoms. The van der Waals surface area contributed by atoms with Crippen LogP contribution in [0.15, 0.2) is 96.6 Å². The van der Waals surface area contributed by atoms with Crippen molar-refractivity contribution < 1.29 is 14.0 Å². The summed E-state index contributed by atoms with van der Waals surface area (Å²) < 4.78 is 7.21. The number of allylic oxidation sites excluding steroid dienone is 1. The number of rotatable bonds is 10. The molecule has 3 fully saturated rings. The molecule has 6 atom stereocenters. The van der Waals surface area contributed by atoms with Gasteiger partial charge in [0.2, 0.25) is 0 Å². The summed E-state index contributed by atoms with van der Waals surface area (Å²) in [4.78, 5) is 25.5. The van der Waals surface area contributed by atoms with Crippen LogP contribution in [0, 0.1) is 34.5 Å². The standard InChI is InChI=1S/C46H58O3Si/c1-33(47)41-24-25-43-40-23-22-36-31-37(48)26-29-45(36,5)42(40)27-30-46(41,43)28-12-13-34-18-20-35(21-19-34)32-49-50(44(2,3)4,38-14-8-6-9-15-38)39-16-10-7-11-17-39/h6-11,14-21,31,40-43H,12-13,22-30,32H2,1-5H3/t40-,41-,42-,43+,45-,46-/m1/s1. The smallest absolute Gasteiger partial charge is 0.261 e. The van der Waals surface area contributed by atoms with Gasteiger partial charge in [-0.2, -0.15) is 0 Å². The molecule has 3 aromatic carbocycles. The molecule has 0 spiro atoms. The lowest BCUT2D eigenvalue weighted by Crippen LogP contribution is -2.66. The summed E-state index contributed by atoms with van der Waals surface area (Å²) in [5.74, 6) is 2.97. The number of fused-ring (bicyclic) bond motifs is 5. The van der Waals surface area contributed by atoms with Crippen molar-refractivity contribution in [1.82, 2.24) is 0 Å². The van der Waals surface area contributed by atoms with Crippen LogP contribution in [-0.2, 0) is 27.0 Å². The molecule has 0 heterocycles. The van der Waals surface area contributed by atoms with E-state index in [1.807, 2.05) is 13.0 Å². The Labute approximate surface area is 302 Å². The summed E-state index contributed by atoms with van der Waals surface area (Å²) in [7, 11) is -2.59. The third-order valence-electron chi connectivity index (χ3n) is 14.2. The van der Waals surface area contributed by atoms with Gasteiger partial charge in [-0.3, -0.25) is 9.59 Å². The second kappa shape index (κ2) is 13.8. The molecule has 0 amide bonds. The Bertz CT molecular complexity index is 1660. The lowest BCUT2D eigenvalue weighted by Gasteiger charge is -2.59. The predicted molar refractivity (Wildman–Crippen MR) is 207 cm³/mol. The van der Waals surface area contributed by atoms with E-state index < -0.39 is 8.32 Å². The Morgan fingerprint density at radius 2 is 1.44 bits per heavy atom. The largest absolute Gasteiger partial charge is 0.403 e. The van der Waals surface area contributed by atoms with Crippen molar-refractivity contribution >= 4 is 30.3 Å². The molecule has 3 aromatic rings. The molecule has 4 aliphatic carbocycles. The second-order valence-corrected chi connectivity index (χ2v) is 21.9. The van der Waals surface area contributed by atoms with Crippen molar-refractivity contribution in [3.63, 3.8) is 0 Å². The van der Waals surface area contributed by atoms with Gasteiger partial charge in [0.15, 0.2) is 5.78 Å². The average molecular weight is 687 g/mol. The highest BCUT2D eigenvalue weighted by molar-refractivity contribution is 6.99. The number of benzene rings is 3. The van der Waals surface area contributed by atoms with Gasteiger partial charge < -0.3 is 4.43 Å². The molecule has 7 rings (SSSR count). The highest BCUT2D eigenvalue weighted by Crippen LogP contribution is 2.68. The van der Waals surface area contributed by atoms with Crippen LogP contribution in [0.3, 0.4) is 0 Å². The predicted octanol–water partition coefficient (Wildman–Crippen LogP) is 9.80. The molecule has 4 aliphatic rings. The summed E-state index contributed by atoms with van der Waals surface area (Å²) >= 11 is 0. The van der Waals surface area contributed by atoms with Crippen molar-refractivity contribution in [3.05, 3.63) is 108 Å². The van der Waals surface area contributed by atoms with Crippen LogP contribution in [0.5, 0.6) is 0 Å². The molecule has 50 heavy (non-hydrogen) atoms. The van der Waals surface area contributed by atoms with E-state index in [1.54, 1.807) is 0 Å². The summed E-state index contributed by atoms with van der Waals surface area (Å²) in [6.45, 7) is 11.9. The van der Waals surface area contributed by atoms with Gasteiger partial charge in [-0.1, -0.05) is 118 Å². The maximum atomic E-state index is 13.2. The van der Waals surface area contributed by atoms with Gasteiger partial charge in [0.25, 0.3) is 8.32 Å². The number of Topliss-reactive ketones (excluding diaryl/α,β-unsaturated/α-hetero) is 1. The molecule has 0 aliphatic heterocycles. The molecule has 3 nitrogen and oxygen atoms in total. The van der Waals surface area contributed by atoms with Crippen LogP contribution in [0.1, 0.15) is 110 Å². The fourth-order valence-electron chi connectivity index (χ4n) is 11.8. The molecule has 0 aromatic heterocycles. The molecular weight excluding hydrogens is 629 g/mol. The Hall–Kier alpha value is -3.08. The fourth-order valence-corrected chi connectivity index (χ4v) is 16.4. The fraction of sp³-hybridized carbons (Fsp3) is 0.522. The van der Waals surface area contributed by atoms with E-state index in [4.69, 9.17) is 4.43 Å². The zero-order chi connectivity index (χ0) is 35.1. The summed E-state index contributed by atoms with van der Waals surface area (Å²) in [6, 6.07) is 31.0. The highest BCUT2D eigenvalue weighted by atomic mass is 28.4. The number of carbonyl (C=O) groups excluding carboxylic acids is 2. The summed E-state index contributed by atoms with van der Waals surface area (Å²) in [6.07, 6.45) is 14.0. The molecule has 0 radical (unpaired) electrons. The van der Waals surface area contributed by atoms with Gasteiger partial charge in [0.1, 0.15) is 5.78 Å². The maximum absolute atomic E-state index is 13.2. The molecule has 0 N–H and O–H groups in total.